The van der Waals surface area contributed by atoms with Gasteiger partial charge in [-0.25, -0.2) is 14.6 Å². The zero-order valence-corrected chi connectivity index (χ0v) is 15.4. The molecule has 0 aliphatic rings. The highest BCUT2D eigenvalue weighted by Gasteiger charge is 2.14. The molecule has 25 heavy (non-hydrogen) atoms. The van der Waals surface area contributed by atoms with Crippen LogP contribution in [0.3, 0.4) is 0 Å². The summed E-state index contributed by atoms with van der Waals surface area (Å²) < 4.78 is 8.74. The van der Waals surface area contributed by atoms with Crippen LogP contribution in [0.25, 0.3) is 16.7 Å². The first kappa shape index (κ1) is 15.8. The van der Waals surface area contributed by atoms with Crippen molar-refractivity contribution in [3.63, 3.8) is 0 Å². The molecule has 0 atom stereocenters. The molecule has 2 aromatic heterocycles. The minimum absolute atomic E-state index is 0.489. The number of hydrogen-bond donors (Lipinski definition) is 0. The van der Waals surface area contributed by atoms with Gasteiger partial charge in [0, 0.05) is 4.47 Å². The molecule has 0 unspecified atom stereocenters. The molecule has 6 heteroatoms. The summed E-state index contributed by atoms with van der Waals surface area (Å²) in [5.74, 6) is 1.20. The Labute approximate surface area is 153 Å². The van der Waals surface area contributed by atoms with Crippen LogP contribution >= 0.6 is 15.9 Å². The molecular formula is C19H15BrN4O. The number of rotatable bonds is 3. The van der Waals surface area contributed by atoms with Crippen molar-refractivity contribution in [2.75, 3.05) is 0 Å². The van der Waals surface area contributed by atoms with Crippen molar-refractivity contribution in [1.29, 1.82) is 0 Å². The number of nitrogens with zero attached hydrogens (tertiary/aromatic N) is 4. The van der Waals surface area contributed by atoms with E-state index < -0.39 is 0 Å². The van der Waals surface area contributed by atoms with Crippen molar-refractivity contribution < 1.29 is 4.74 Å². The molecule has 0 radical (unpaired) electrons. The Kier molecular flexibility index (Phi) is 3.97. The molecule has 0 saturated heterocycles. The van der Waals surface area contributed by atoms with E-state index in [0.29, 0.717) is 17.3 Å². The van der Waals surface area contributed by atoms with E-state index in [1.165, 1.54) is 11.9 Å². The molecule has 124 valence electrons. The number of benzene rings is 2. The van der Waals surface area contributed by atoms with Gasteiger partial charge in [-0.2, -0.15) is 5.10 Å². The van der Waals surface area contributed by atoms with Gasteiger partial charge >= 0.3 is 0 Å². The Morgan fingerprint density at radius 3 is 2.56 bits per heavy atom. The zero-order chi connectivity index (χ0) is 17.4. The van der Waals surface area contributed by atoms with Gasteiger partial charge in [0.1, 0.15) is 17.5 Å². The molecule has 0 amide bonds. The fraction of sp³-hybridized carbons (Fsp3) is 0.105. The van der Waals surface area contributed by atoms with Crippen molar-refractivity contribution >= 4 is 27.0 Å². The van der Waals surface area contributed by atoms with E-state index in [1.54, 1.807) is 6.20 Å². The van der Waals surface area contributed by atoms with E-state index in [1.807, 2.05) is 28.9 Å². The lowest BCUT2D eigenvalue weighted by Gasteiger charge is -2.08. The molecule has 0 saturated carbocycles. The Bertz CT molecular complexity index is 1060. The van der Waals surface area contributed by atoms with Gasteiger partial charge in [-0.1, -0.05) is 33.6 Å². The molecule has 0 N–H and O–H groups in total. The van der Waals surface area contributed by atoms with Gasteiger partial charge in [-0.15, -0.1) is 0 Å². The van der Waals surface area contributed by atoms with E-state index >= 15 is 0 Å². The van der Waals surface area contributed by atoms with Crippen LogP contribution in [-0.2, 0) is 0 Å². The minimum atomic E-state index is 0.489. The third-order valence-corrected chi connectivity index (χ3v) is 4.47. The summed E-state index contributed by atoms with van der Waals surface area (Å²) in [6.45, 7) is 4.14. The number of aryl methyl sites for hydroxylation is 2. The van der Waals surface area contributed by atoms with Crippen LogP contribution in [0.15, 0.2) is 59.5 Å². The van der Waals surface area contributed by atoms with E-state index in [-0.39, 0.29) is 0 Å². The number of halogens is 1. The van der Waals surface area contributed by atoms with Crippen molar-refractivity contribution in [2.45, 2.75) is 13.8 Å². The van der Waals surface area contributed by atoms with Crippen LogP contribution in [0.4, 0.5) is 0 Å². The number of ether oxygens (including phenoxy) is 1. The summed E-state index contributed by atoms with van der Waals surface area (Å²) in [7, 11) is 0. The third kappa shape index (κ3) is 3.00. The average Bonchev–Trinajstić information content (AvgIpc) is 3.02. The number of hydrogen-bond acceptors (Lipinski definition) is 4. The smallest absolute Gasteiger partial charge is 0.233 e. The second-order valence-corrected chi connectivity index (χ2v) is 6.73. The summed E-state index contributed by atoms with van der Waals surface area (Å²) in [6.07, 6.45) is 3.24. The number of fused-ring (bicyclic) bond motifs is 1. The standard InChI is InChI=1S/C19H15BrN4O/c1-12-3-8-17(13(2)9-12)24-18-16(10-23-24)19(22-11-21-18)25-15-6-4-14(20)5-7-15/h3-11H,1-2H3. The summed E-state index contributed by atoms with van der Waals surface area (Å²) in [5.41, 5.74) is 4.06. The SMILES string of the molecule is Cc1ccc(-n2ncc3c(Oc4ccc(Br)cc4)ncnc32)c(C)c1. The topological polar surface area (TPSA) is 52.8 Å². The van der Waals surface area contributed by atoms with Gasteiger partial charge in [0.05, 0.1) is 11.9 Å². The highest BCUT2D eigenvalue weighted by molar-refractivity contribution is 9.10. The summed E-state index contributed by atoms with van der Waals surface area (Å²) in [6, 6.07) is 13.9. The molecule has 4 rings (SSSR count). The molecule has 2 heterocycles. The van der Waals surface area contributed by atoms with E-state index in [0.717, 1.165) is 21.1 Å². The Morgan fingerprint density at radius 1 is 1.00 bits per heavy atom. The zero-order valence-electron chi connectivity index (χ0n) is 13.8. The van der Waals surface area contributed by atoms with Gasteiger partial charge in [0.2, 0.25) is 5.88 Å². The summed E-state index contributed by atoms with van der Waals surface area (Å²) in [5, 5.41) is 5.27. The predicted molar refractivity (Wildman–Crippen MR) is 100 cm³/mol. The molecule has 4 aromatic rings. The van der Waals surface area contributed by atoms with Crippen LogP contribution in [0, 0.1) is 13.8 Å². The second-order valence-electron chi connectivity index (χ2n) is 5.82. The molecular weight excluding hydrogens is 380 g/mol. The number of aromatic nitrogens is 4. The first-order valence-corrected chi connectivity index (χ1v) is 8.61. The van der Waals surface area contributed by atoms with Crippen molar-refractivity contribution in [3.8, 4) is 17.3 Å². The van der Waals surface area contributed by atoms with Crippen molar-refractivity contribution in [3.05, 3.63) is 70.6 Å². The summed E-state index contributed by atoms with van der Waals surface area (Å²) in [4.78, 5) is 8.67. The van der Waals surface area contributed by atoms with Gasteiger partial charge in [-0.3, -0.25) is 0 Å². The van der Waals surface area contributed by atoms with Gasteiger partial charge in [0.25, 0.3) is 0 Å². The van der Waals surface area contributed by atoms with E-state index in [2.05, 4.69) is 63.0 Å². The molecule has 5 nitrogen and oxygen atoms in total. The quantitative estimate of drug-likeness (QED) is 0.491. The average molecular weight is 395 g/mol. The fourth-order valence-electron chi connectivity index (χ4n) is 2.74. The van der Waals surface area contributed by atoms with E-state index in [4.69, 9.17) is 4.74 Å². The highest BCUT2D eigenvalue weighted by Crippen LogP contribution is 2.29. The normalized spacial score (nSPS) is 11.0. The monoisotopic (exact) mass is 394 g/mol. The van der Waals surface area contributed by atoms with Crippen LogP contribution in [-0.4, -0.2) is 19.7 Å². The second kappa shape index (κ2) is 6.29. The molecule has 2 aromatic carbocycles. The highest BCUT2D eigenvalue weighted by atomic mass is 79.9. The Morgan fingerprint density at radius 2 is 1.80 bits per heavy atom. The van der Waals surface area contributed by atoms with Crippen LogP contribution in [0.2, 0.25) is 0 Å². The van der Waals surface area contributed by atoms with Crippen LogP contribution in [0.5, 0.6) is 11.6 Å². The lowest BCUT2D eigenvalue weighted by Crippen LogP contribution is -2.01. The first-order valence-electron chi connectivity index (χ1n) is 7.81. The lowest BCUT2D eigenvalue weighted by molar-refractivity contribution is 0.468. The maximum atomic E-state index is 5.92. The lowest BCUT2D eigenvalue weighted by atomic mass is 10.1. The first-order chi connectivity index (χ1) is 12.1. The van der Waals surface area contributed by atoms with Crippen molar-refractivity contribution in [2.24, 2.45) is 0 Å². The Hall–Kier alpha value is -2.73. The Balaban J connectivity index is 1.79. The summed E-state index contributed by atoms with van der Waals surface area (Å²) >= 11 is 3.42. The third-order valence-electron chi connectivity index (χ3n) is 3.94. The minimum Gasteiger partial charge on any atom is -0.438 e. The van der Waals surface area contributed by atoms with Gasteiger partial charge in [0.15, 0.2) is 5.65 Å². The molecule has 0 aliphatic heterocycles. The molecule has 0 fully saturated rings. The fourth-order valence-corrected chi connectivity index (χ4v) is 3.00. The van der Waals surface area contributed by atoms with E-state index in [9.17, 15) is 0 Å². The maximum Gasteiger partial charge on any atom is 0.233 e. The van der Waals surface area contributed by atoms with Crippen molar-refractivity contribution in [1.82, 2.24) is 19.7 Å². The van der Waals surface area contributed by atoms with Crippen LogP contribution < -0.4 is 4.74 Å². The predicted octanol–water partition coefficient (Wildman–Crippen LogP) is 4.99. The molecule has 0 aliphatic carbocycles. The maximum absolute atomic E-state index is 5.92. The molecule has 0 spiro atoms. The van der Waals surface area contributed by atoms with Crippen LogP contribution in [0.1, 0.15) is 11.1 Å². The molecule has 0 bridgehead atoms. The van der Waals surface area contributed by atoms with Gasteiger partial charge < -0.3 is 4.74 Å². The van der Waals surface area contributed by atoms with Gasteiger partial charge in [-0.05, 0) is 49.7 Å². The largest absolute Gasteiger partial charge is 0.438 e.